The Hall–Kier alpha value is -5.08. The second-order valence-corrected chi connectivity index (χ2v) is 9.81. The van der Waals surface area contributed by atoms with E-state index in [2.05, 4.69) is 126 Å². The van der Waals surface area contributed by atoms with Crippen LogP contribution in [0.3, 0.4) is 0 Å². The average Bonchev–Trinajstić information content (AvgIpc) is 3.00. The first-order valence-corrected chi connectivity index (χ1v) is 12.9. The quantitative estimate of drug-likeness (QED) is 0.229. The van der Waals surface area contributed by atoms with Crippen LogP contribution in [0.4, 0.5) is 0 Å². The molecule has 2 heterocycles. The number of fused-ring (bicyclic) bond motifs is 9. The van der Waals surface area contributed by atoms with Crippen LogP contribution < -0.4 is 0 Å². The fraction of sp³-hybridized carbons (Fsp3) is 0. The largest absolute Gasteiger partial charge is 0.254 e. The minimum Gasteiger partial charge on any atom is -0.254 e. The molecule has 0 saturated heterocycles. The number of pyridine rings is 2. The Labute approximate surface area is 219 Å². The van der Waals surface area contributed by atoms with Gasteiger partial charge in [0.2, 0.25) is 0 Å². The van der Waals surface area contributed by atoms with Crippen molar-refractivity contribution in [1.29, 1.82) is 0 Å². The van der Waals surface area contributed by atoms with Gasteiger partial charge in [0.1, 0.15) is 0 Å². The lowest BCUT2D eigenvalue weighted by Gasteiger charge is -2.14. The van der Waals surface area contributed by atoms with Crippen LogP contribution in [-0.4, -0.2) is 9.97 Å². The molecule has 0 bridgehead atoms. The van der Waals surface area contributed by atoms with Crippen LogP contribution in [0.2, 0.25) is 0 Å². The van der Waals surface area contributed by atoms with Crippen molar-refractivity contribution in [3.63, 3.8) is 0 Å². The topological polar surface area (TPSA) is 25.8 Å². The van der Waals surface area contributed by atoms with Gasteiger partial charge < -0.3 is 0 Å². The maximum atomic E-state index is 5.04. The second-order valence-electron chi connectivity index (χ2n) is 9.81. The van der Waals surface area contributed by atoms with Crippen molar-refractivity contribution in [1.82, 2.24) is 9.97 Å². The van der Waals surface area contributed by atoms with Crippen LogP contribution in [0.15, 0.2) is 134 Å². The third-order valence-electron chi connectivity index (χ3n) is 7.69. The van der Waals surface area contributed by atoms with E-state index in [-0.39, 0.29) is 0 Å². The summed E-state index contributed by atoms with van der Waals surface area (Å²) in [5.41, 5.74) is 6.39. The first-order valence-electron chi connectivity index (χ1n) is 12.9. The highest BCUT2D eigenvalue weighted by atomic mass is 14.7. The smallest absolute Gasteiger partial charge is 0.0972 e. The second kappa shape index (κ2) is 8.22. The average molecular weight is 483 g/mol. The van der Waals surface area contributed by atoms with E-state index in [1.807, 2.05) is 12.3 Å². The molecule has 0 fully saturated rings. The SMILES string of the molecule is c1cnc2c(c1)ccc1ccc(-c3ccc(-c4cccc5c6ccccc6c6ccccc6c45)cc3)nc12. The highest BCUT2D eigenvalue weighted by Crippen LogP contribution is 2.40. The van der Waals surface area contributed by atoms with Gasteiger partial charge >= 0.3 is 0 Å². The third kappa shape index (κ3) is 3.14. The molecule has 6 aromatic carbocycles. The number of nitrogens with zero attached hydrogens (tertiary/aromatic N) is 2. The maximum Gasteiger partial charge on any atom is 0.0972 e. The first kappa shape index (κ1) is 21.0. The Balaban J connectivity index is 1.31. The van der Waals surface area contributed by atoms with Gasteiger partial charge in [0.15, 0.2) is 0 Å². The van der Waals surface area contributed by atoms with Gasteiger partial charge in [-0.3, -0.25) is 4.98 Å². The van der Waals surface area contributed by atoms with Gasteiger partial charge in [0, 0.05) is 22.5 Å². The normalized spacial score (nSPS) is 11.7. The highest BCUT2D eigenvalue weighted by Gasteiger charge is 2.13. The van der Waals surface area contributed by atoms with Crippen LogP contribution >= 0.6 is 0 Å². The van der Waals surface area contributed by atoms with Crippen LogP contribution in [-0.2, 0) is 0 Å². The van der Waals surface area contributed by atoms with E-state index in [0.717, 1.165) is 33.1 Å². The van der Waals surface area contributed by atoms with Gasteiger partial charge in [-0.25, -0.2) is 4.98 Å². The van der Waals surface area contributed by atoms with Crippen molar-refractivity contribution in [2.75, 3.05) is 0 Å². The molecule has 0 unspecified atom stereocenters. The zero-order chi connectivity index (χ0) is 25.1. The molecule has 8 rings (SSSR count). The predicted octanol–water partition coefficient (Wildman–Crippen LogP) is 9.58. The van der Waals surface area contributed by atoms with Crippen molar-refractivity contribution in [3.8, 4) is 22.4 Å². The lowest BCUT2D eigenvalue weighted by Crippen LogP contribution is -1.89. The summed E-state index contributed by atoms with van der Waals surface area (Å²) in [6.07, 6.45) is 1.84. The fourth-order valence-corrected chi connectivity index (χ4v) is 5.90. The van der Waals surface area contributed by atoms with E-state index in [4.69, 9.17) is 4.98 Å². The van der Waals surface area contributed by atoms with Gasteiger partial charge in [0.05, 0.1) is 16.7 Å². The molecule has 0 aliphatic carbocycles. The molecule has 2 aromatic heterocycles. The van der Waals surface area contributed by atoms with Crippen molar-refractivity contribution in [3.05, 3.63) is 134 Å². The van der Waals surface area contributed by atoms with Gasteiger partial charge in [-0.05, 0) is 55.6 Å². The van der Waals surface area contributed by atoms with Crippen LogP contribution in [0.25, 0.3) is 76.5 Å². The van der Waals surface area contributed by atoms with E-state index >= 15 is 0 Å². The Morgan fingerprint density at radius 2 is 0.974 bits per heavy atom. The summed E-state index contributed by atoms with van der Waals surface area (Å²) in [6, 6.07) is 45.5. The molecule has 0 radical (unpaired) electrons. The van der Waals surface area contributed by atoms with Crippen LogP contribution in [0, 0.1) is 0 Å². The van der Waals surface area contributed by atoms with E-state index in [9.17, 15) is 0 Å². The Morgan fingerprint density at radius 3 is 1.71 bits per heavy atom. The molecule has 0 aliphatic rings. The van der Waals surface area contributed by atoms with Crippen molar-refractivity contribution in [2.45, 2.75) is 0 Å². The fourth-order valence-electron chi connectivity index (χ4n) is 5.90. The van der Waals surface area contributed by atoms with Gasteiger partial charge in [-0.2, -0.15) is 0 Å². The zero-order valence-electron chi connectivity index (χ0n) is 20.6. The molecule has 2 heteroatoms. The molecule has 0 spiro atoms. The van der Waals surface area contributed by atoms with E-state index in [1.54, 1.807) is 0 Å². The first-order chi connectivity index (χ1) is 18.8. The Bertz CT molecular complexity index is 2130. The number of rotatable bonds is 2. The van der Waals surface area contributed by atoms with Crippen molar-refractivity contribution < 1.29 is 0 Å². The Kier molecular flexibility index (Phi) is 4.55. The van der Waals surface area contributed by atoms with Crippen LogP contribution in [0.5, 0.6) is 0 Å². The molecule has 38 heavy (non-hydrogen) atoms. The molecular weight excluding hydrogens is 460 g/mol. The molecule has 0 N–H and O–H groups in total. The molecule has 8 aromatic rings. The molecular formula is C36H22N2. The zero-order valence-corrected chi connectivity index (χ0v) is 20.6. The number of hydrogen-bond acceptors (Lipinski definition) is 2. The summed E-state index contributed by atoms with van der Waals surface area (Å²) in [6.45, 7) is 0. The molecule has 0 aliphatic heterocycles. The highest BCUT2D eigenvalue weighted by molar-refractivity contribution is 6.28. The monoisotopic (exact) mass is 482 g/mol. The summed E-state index contributed by atoms with van der Waals surface area (Å²) in [5, 5.41) is 9.97. The van der Waals surface area contributed by atoms with Crippen molar-refractivity contribution in [2.24, 2.45) is 0 Å². The lowest BCUT2D eigenvalue weighted by atomic mass is 9.89. The summed E-state index contributed by atoms with van der Waals surface area (Å²) in [7, 11) is 0. The minimum atomic E-state index is 0.942. The summed E-state index contributed by atoms with van der Waals surface area (Å²) < 4.78 is 0. The molecule has 0 saturated carbocycles. The predicted molar refractivity (Wildman–Crippen MR) is 160 cm³/mol. The van der Waals surface area contributed by atoms with Crippen LogP contribution in [0.1, 0.15) is 0 Å². The van der Waals surface area contributed by atoms with E-state index in [0.29, 0.717) is 0 Å². The van der Waals surface area contributed by atoms with Crippen molar-refractivity contribution >= 4 is 54.1 Å². The number of hydrogen-bond donors (Lipinski definition) is 0. The molecule has 2 nitrogen and oxygen atoms in total. The number of benzene rings is 6. The molecule has 0 atom stereocenters. The molecule has 0 amide bonds. The summed E-state index contributed by atoms with van der Waals surface area (Å²) in [4.78, 5) is 9.65. The van der Waals surface area contributed by atoms with Gasteiger partial charge in [0.25, 0.3) is 0 Å². The van der Waals surface area contributed by atoms with Gasteiger partial charge in [-0.1, -0.05) is 115 Å². The van der Waals surface area contributed by atoms with Gasteiger partial charge in [-0.15, -0.1) is 0 Å². The summed E-state index contributed by atoms with van der Waals surface area (Å²) in [5.74, 6) is 0. The summed E-state index contributed by atoms with van der Waals surface area (Å²) >= 11 is 0. The standard InChI is InChI=1S/C36H22N2/c1-2-9-30-28(8-1)29-10-3-4-11-31(29)34-27(12-5-13-32(30)34)23-14-16-24(17-15-23)33-21-20-26-19-18-25-7-6-22-37-35(25)36(26)38-33/h1-22H. The lowest BCUT2D eigenvalue weighted by molar-refractivity contribution is 1.37. The minimum absolute atomic E-state index is 0.942. The number of aromatic nitrogens is 2. The van der Waals surface area contributed by atoms with E-state index in [1.165, 1.54) is 43.4 Å². The Morgan fingerprint density at radius 1 is 0.395 bits per heavy atom. The molecule has 176 valence electrons. The third-order valence-corrected chi connectivity index (χ3v) is 7.69. The van der Waals surface area contributed by atoms with E-state index < -0.39 is 0 Å². The maximum absolute atomic E-state index is 5.04.